The molecule has 0 N–H and O–H groups in total. The third-order valence-corrected chi connectivity index (χ3v) is 8.16. The predicted octanol–water partition coefficient (Wildman–Crippen LogP) is 7.42. The van der Waals surface area contributed by atoms with Gasteiger partial charge >= 0.3 is 0 Å². The number of rotatable bonds is 6. The molecular formula is C29H27I2N3O2. The fourth-order valence-corrected chi connectivity index (χ4v) is 6.88. The van der Waals surface area contributed by atoms with Crippen molar-refractivity contribution in [2.75, 3.05) is 0 Å². The van der Waals surface area contributed by atoms with Crippen LogP contribution in [-0.4, -0.2) is 15.9 Å². The summed E-state index contributed by atoms with van der Waals surface area (Å²) >= 11 is 4.61. The zero-order chi connectivity index (χ0) is 25.1. The molecular weight excluding hydrogens is 676 g/mol. The number of halogens is 2. The van der Waals surface area contributed by atoms with Crippen LogP contribution in [0.25, 0.3) is 10.9 Å². The maximum absolute atomic E-state index is 13.4. The summed E-state index contributed by atoms with van der Waals surface area (Å²) in [5, 5.41) is 5.28. The molecule has 0 atom stereocenters. The maximum atomic E-state index is 13.4. The molecule has 1 fully saturated rings. The van der Waals surface area contributed by atoms with Gasteiger partial charge in [0.05, 0.1) is 24.3 Å². The van der Waals surface area contributed by atoms with E-state index in [4.69, 9.17) is 9.72 Å². The normalized spacial score (nSPS) is 14.5. The van der Waals surface area contributed by atoms with Gasteiger partial charge in [-0.2, -0.15) is 9.78 Å². The van der Waals surface area contributed by atoms with Crippen LogP contribution in [0.4, 0.5) is 0 Å². The first-order valence-electron chi connectivity index (χ1n) is 12.2. The quantitative estimate of drug-likeness (QED) is 0.155. The molecule has 36 heavy (non-hydrogen) atoms. The van der Waals surface area contributed by atoms with Crippen LogP contribution in [-0.2, 0) is 6.61 Å². The number of fused-ring (bicyclic) bond motifs is 1. The number of ether oxygens (including phenoxy) is 1. The minimum absolute atomic E-state index is 0.111. The van der Waals surface area contributed by atoms with Crippen molar-refractivity contribution in [2.45, 2.75) is 51.6 Å². The second-order valence-electron chi connectivity index (χ2n) is 9.28. The molecule has 0 saturated heterocycles. The number of aromatic nitrogens is 2. The zero-order valence-electron chi connectivity index (χ0n) is 20.1. The molecule has 184 valence electrons. The molecule has 0 bridgehead atoms. The minimum atomic E-state index is -0.111. The van der Waals surface area contributed by atoms with Gasteiger partial charge in [0.2, 0.25) is 0 Å². The summed E-state index contributed by atoms with van der Waals surface area (Å²) in [6, 6.07) is 20.0. The average molecular weight is 703 g/mol. The van der Waals surface area contributed by atoms with Crippen LogP contribution in [0, 0.1) is 14.1 Å². The molecule has 0 unspecified atom stereocenters. The van der Waals surface area contributed by atoms with Crippen LogP contribution in [0.15, 0.2) is 70.6 Å². The van der Waals surface area contributed by atoms with Crippen LogP contribution in [0.3, 0.4) is 0 Å². The zero-order valence-corrected chi connectivity index (χ0v) is 24.4. The molecule has 1 heterocycles. The first-order chi connectivity index (χ1) is 17.5. The molecule has 1 aliphatic rings. The molecule has 0 amide bonds. The van der Waals surface area contributed by atoms with Gasteiger partial charge in [0.15, 0.2) is 0 Å². The van der Waals surface area contributed by atoms with Gasteiger partial charge in [-0.1, -0.05) is 61.2 Å². The van der Waals surface area contributed by atoms with Crippen molar-refractivity contribution in [3.8, 4) is 5.75 Å². The van der Waals surface area contributed by atoms with Crippen LogP contribution in [0.2, 0.25) is 0 Å². The van der Waals surface area contributed by atoms with Gasteiger partial charge in [0, 0.05) is 5.92 Å². The second-order valence-corrected chi connectivity index (χ2v) is 11.6. The van der Waals surface area contributed by atoms with E-state index in [9.17, 15) is 4.79 Å². The number of aryl methyl sites for hydroxylation is 1. The number of hydrogen-bond donors (Lipinski definition) is 0. The van der Waals surface area contributed by atoms with Gasteiger partial charge in [0.25, 0.3) is 5.56 Å². The molecule has 4 aromatic rings. The highest BCUT2D eigenvalue weighted by molar-refractivity contribution is 14.1. The van der Waals surface area contributed by atoms with Gasteiger partial charge < -0.3 is 4.74 Å². The average Bonchev–Trinajstić information content (AvgIpc) is 2.88. The largest absolute Gasteiger partial charge is 0.487 e. The van der Waals surface area contributed by atoms with Gasteiger partial charge in [-0.25, -0.2) is 4.98 Å². The Labute approximate surface area is 238 Å². The molecule has 1 aromatic heterocycles. The Morgan fingerprint density at radius 2 is 1.78 bits per heavy atom. The Kier molecular flexibility index (Phi) is 8.05. The van der Waals surface area contributed by atoms with Gasteiger partial charge in [-0.15, -0.1) is 0 Å². The summed E-state index contributed by atoms with van der Waals surface area (Å²) in [4.78, 5) is 18.3. The Morgan fingerprint density at radius 1 is 1.03 bits per heavy atom. The summed E-state index contributed by atoms with van der Waals surface area (Å²) < 4.78 is 9.70. The minimum Gasteiger partial charge on any atom is -0.487 e. The van der Waals surface area contributed by atoms with E-state index in [2.05, 4.69) is 81.5 Å². The van der Waals surface area contributed by atoms with E-state index in [1.54, 1.807) is 6.21 Å². The summed E-state index contributed by atoms with van der Waals surface area (Å²) in [5.41, 5.74) is 3.92. The topological polar surface area (TPSA) is 56.5 Å². The lowest BCUT2D eigenvalue weighted by molar-refractivity contribution is 0.301. The molecule has 1 saturated carbocycles. The first kappa shape index (κ1) is 25.4. The van der Waals surface area contributed by atoms with Crippen LogP contribution >= 0.6 is 45.2 Å². The van der Waals surface area contributed by atoms with Crippen molar-refractivity contribution < 1.29 is 4.74 Å². The molecule has 5 nitrogen and oxygen atoms in total. The standard InChI is InChI=1S/C29H27I2N3O2/c1-19-8-7-9-20(14-19)18-36-27-24(30)15-21(16-25(27)31)17-32-34-28(22-10-3-2-4-11-22)33-26-13-6-5-12-23(26)29(34)35/h5-9,12-17,22H,2-4,10-11,18H2,1H3. The molecule has 0 spiro atoms. The molecule has 0 aliphatic heterocycles. The van der Waals surface area contributed by atoms with Gasteiger partial charge in [-0.3, -0.25) is 4.79 Å². The second kappa shape index (κ2) is 11.4. The summed E-state index contributed by atoms with van der Waals surface area (Å²) in [6.45, 7) is 2.60. The summed E-state index contributed by atoms with van der Waals surface area (Å²) in [7, 11) is 0. The summed E-state index contributed by atoms with van der Waals surface area (Å²) in [5.74, 6) is 1.89. The molecule has 5 rings (SSSR count). The Balaban J connectivity index is 1.46. The fourth-order valence-electron chi connectivity index (χ4n) is 4.75. The van der Waals surface area contributed by atoms with Crippen molar-refractivity contribution in [3.63, 3.8) is 0 Å². The van der Waals surface area contributed by atoms with E-state index in [1.165, 1.54) is 16.7 Å². The lowest BCUT2D eigenvalue weighted by Gasteiger charge is -2.22. The molecule has 0 radical (unpaired) electrons. The number of para-hydroxylation sites is 1. The smallest absolute Gasteiger partial charge is 0.282 e. The fraction of sp³-hybridized carbons (Fsp3) is 0.276. The lowest BCUT2D eigenvalue weighted by Crippen LogP contribution is -2.25. The van der Waals surface area contributed by atoms with E-state index in [0.717, 1.165) is 61.0 Å². The van der Waals surface area contributed by atoms with Crippen LogP contribution < -0.4 is 10.3 Å². The Morgan fingerprint density at radius 3 is 2.53 bits per heavy atom. The van der Waals surface area contributed by atoms with E-state index in [-0.39, 0.29) is 11.5 Å². The van der Waals surface area contributed by atoms with Gasteiger partial charge in [-0.05, 0) is 100 Å². The van der Waals surface area contributed by atoms with Crippen molar-refractivity contribution in [1.29, 1.82) is 0 Å². The van der Waals surface area contributed by atoms with Gasteiger partial charge in [0.1, 0.15) is 18.2 Å². The highest BCUT2D eigenvalue weighted by Crippen LogP contribution is 2.32. The third kappa shape index (κ3) is 5.66. The number of hydrogen-bond acceptors (Lipinski definition) is 4. The number of nitrogens with zero attached hydrogens (tertiary/aromatic N) is 3. The lowest BCUT2D eigenvalue weighted by atomic mass is 9.88. The Bertz CT molecular complexity index is 1470. The van der Waals surface area contributed by atoms with E-state index in [0.29, 0.717) is 12.0 Å². The van der Waals surface area contributed by atoms with E-state index >= 15 is 0 Å². The van der Waals surface area contributed by atoms with E-state index < -0.39 is 0 Å². The van der Waals surface area contributed by atoms with Crippen LogP contribution in [0.1, 0.15) is 60.5 Å². The first-order valence-corrected chi connectivity index (χ1v) is 14.4. The SMILES string of the molecule is Cc1cccc(COc2c(I)cc(C=Nn3c(C4CCCCC4)nc4ccccc4c3=O)cc2I)c1. The third-order valence-electron chi connectivity index (χ3n) is 6.56. The monoisotopic (exact) mass is 703 g/mol. The summed E-state index contributed by atoms with van der Waals surface area (Å²) in [6.07, 6.45) is 7.42. The highest BCUT2D eigenvalue weighted by Gasteiger charge is 2.22. The van der Waals surface area contributed by atoms with E-state index in [1.807, 2.05) is 36.4 Å². The predicted molar refractivity (Wildman–Crippen MR) is 162 cm³/mol. The highest BCUT2D eigenvalue weighted by atomic mass is 127. The van der Waals surface area contributed by atoms with Crippen molar-refractivity contribution >= 4 is 62.3 Å². The maximum Gasteiger partial charge on any atom is 0.282 e. The molecule has 3 aromatic carbocycles. The van der Waals surface area contributed by atoms with Crippen molar-refractivity contribution in [1.82, 2.24) is 9.66 Å². The molecule has 1 aliphatic carbocycles. The van der Waals surface area contributed by atoms with Crippen LogP contribution in [0.5, 0.6) is 5.75 Å². The van der Waals surface area contributed by atoms with Crippen molar-refractivity contribution in [3.05, 3.63) is 101 Å². The van der Waals surface area contributed by atoms with Crippen molar-refractivity contribution in [2.24, 2.45) is 5.10 Å². The number of benzene rings is 3. The molecule has 7 heteroatoms. The Hall–Kier alpha value is -2.27.